The monoisotopic (exact) mass is 279 g/mol. The standard InChI is InChI=1S/C14H21N3O3/c1-10(13(18)16-8-9-20-2)17-14(19)12(15)11-6-4-3-5-7-11/h3-7,10,12H,8-9,15H2,1-2H3,(H,16,18)(H,17,19)/t10?,12-/m1/s1. The van der Waals surface area contributed by atoms with Gasteiger partial charge in [-0.05, 0) is 12.5 Å². The lowest BCUT2D eigenvalue weighted by Gasteiger charge is -2.17. The average molecular weight is 279 g/mol. The maximum absolute atomic E-state index is 11.9. The Bertz CT molecular complexity index is 437. The molecule has 0 radical (unpaired) electrons. The van der Waals surface area contributed by atoms with Gasteiger partial charge >= 0.3 is 0 Å². The van der Waals surface area contributed by atoms with Crippen LogP contribution in [0.4, 0.5) is 0 Å². The van der Waals surface area contributed by atoms with Gasteiger partial charge in [0.05, 0.1) is 6.61 Å². The number of methoxy groups -OCH3 is 1. The van der Waals surface area contributed by atoms with Gasteiger partial charge < -0.3 is 21.1 Å². The van der Waals surface area contributed by atoms with Crippen molar-refractivity contribution in [2.24, 2.45) is 5.73 Å². The second-order valence-electron chi connectivity index (χ2n) is 4.40. The van der Waals surface area contributed by atoms with E-state index in [-0.39, 0.29) is 11.8 Å². The fourth-order valence-corrected chi connectivity index (χ4v) is 1.61. The lowest BCUT2D eigenvalue weighted by Crippen LogP contribution is -2.48. The molecule has 0 aromatic heterocycles. The van der Waals surface area contributed by atoms with E-state index in [0.29, 0.717) is 18.7 Å². The zero-order valence-electron chi connectivity index (χ0n) is 11.8. The maximum atomic E-state index is 11.9. The molecule has 20 heavy (non-hydrogen) atoms. The Kier molecular flexibility index (Phi) is 6.69. The van der Waals surface area contributed by atoms with Gasteiger partial charge in [0.2, 0.25) is 11.8 Å². The highest BCUT2D eigenvalue weighted by molar-refractivity contribution is 5.89. The molecule has 0 aliphatic heterocycles. The van der Waals surface area contributed by atoms with Crippen molar-refractivity contribution in [3.8, 4) is 0 Å². The van der Waals surface area contributed by atoms with Crippen LogP contribution in [0.25, 0.3) is 0 Å². The van der Waals surface area contributed by atoms with E-state index in [1.54, 1.807) is 26.2 Å². The summed E-state index contributed by atoms with van der Waals surface area (Å²) in [6.45, 7) is 2.44. The van der Waals surface area contributed by atoms with Crippen molar-refractivity contribution in [1.29, 1.82) is 0 Å². The number of carbonyl (C=O) groups excluding carboxylic acids is 2. The third-order valence-corrected chi connectivity index (χ3v) is 2.80. The molecule has 0 bridgehead atoms. The summed E-state index contributed by atoms with van der Waals surface area (Å²) in [6.07, 6.45) is 0. The van der Waals surface area contributed by atoms with Crippen molar-refractivity contribution >= 4 is 11.8 Å². The number of amides is 2. The zero-order valence-corrected chi connectivity index (χ0v) is 11.8. The number of hydrogen-bond donors (Lipinski definition) is 3. The molecule has 1 aromatic rings. The first kappa shape index (κ1) is 16.1. The molecule has 0 aliphatic rings. The van der Waals surface area contributed by atoms with Crippen molar-refractivity contribution in [2.45, 2.75) is 19.0 Å². The van der Waals surface area contributed by atoms with E-state index >= 15 is 0 Å². The topological polar surface area (TPSA) is 93.5 Å². The van der Waals surface area contributed by atoms with Crippen molar-refractivity contribution in [3.63, 3.8) is 0 Å². The average Bonchev–Trinajstić information content (AvgIpc) is 2.47. The zero-order chi connectivity index (χ0) is 15.0. The molecule has 6 heteroatoms. The van der Waals surface area contributed by atoms with E-state index < -0.39 is 12.1 Å². The minimum atomic E-state index is -0.787. The van der Waals surface area contributed by atoms with Gasteiger partial charge in [-0.3, -0.25) is 9.59 Å². The highest BCUT2D eigenvalue weighted by Gasteiger charge is 2.20. The molecule has 0 saturated heterocycles. The van der Waals surface area contributed by atoms with Crippen LogP contribution >= 0.6 is 0 Å². The minimum Gasteiger partial charge on any atom is -0.383 e. The Morgan fingerprint density at radius 2 is 1.90 bits per heavy atom. The molecule has 1 unspecified atom stereocenters. The van der Waals surface area contributed by atoms with Crippen LogP contribution in [0.15, 0.2) is 30.3 Å². The first-order valence-electron chi connectivity index (χ1n) is 6.43. The highest BCUT2D eigenvalue weighted by Crippen LogP contribution is 2.09. The summed E-state index contributed by atoms with van der Waals surface area (Å²) >= 11 is 0. The van der Waals surface area contributed by atoms with Gasteiger partial charge in [0.25, 0.3) is 0 Å². The number of hydrogen-bond acceptors (Lipinski definition) is 4. The summed E-state index contributed by atoms with van der Waals surface area (Å²) in [5.74, 6) is -0.652. The second-order valence-corrected chi connectivity index (χ2v) is 4.40. The fourth-order valence-electron chi connectivity index (χ4n) is 1.61. The summed E-state index contributed by atoms with van der Waals surface area (Å²) in [6, 6.07) is 7.58. The quantitative estimate of drug-likeness (QED) is 0.610. The fraction of sp³-hybridized carbons (Fsp3) is 0.429. The van der Waals surface area contributed by atoms with Gasteiger partial charge in [-0.15, -0.1) is 0 Å². The van der Waals surface area contributed by atoms with E-state index in [2.05, 4.69) is 10.6 Å². The molecule has 6 nitrogen and oxygen atoms in total. The molecule has 1 rings (SSSR count). The maximum Gasteiger partial charge on any atom is 0.242 e. The van der Waals surface area contributed by atoms with Crippen LogP contribution in [0.2, 0.25) is 0 Å². The van der Waals surface area contributed by atoms with Gasteiger partial charge in [-0.2, -0.15) is 0 Å². The van der Waals surface area contributed by atoms with Crippen LogP contribution in [0.5, 0.6) is 0 Å². The molecule has 110 valence electrons. The van der Waals surface area contributed by atoms with Gasteiger partial charge in [0, 0.05) is 13.7 Å². The molecule has 0 heterocycles. The first-order chi connectivity index (χ1) is 9.56. The Morgan fingerprint density at radius 3 is 2.50 bits per heavy atom. The molecular formula is C14H21N3O3. The Balaban J connectivity index is 2.47. The van der Waals surface area contributed by atoms with Gasteiger partial charge in [0.15, 0.2) is 0 Å². The van der Waals surface area contributed by atoms with Crippen LogP contribution < -0.4 is 16.4 Å². The third-order valence-electron chi connectivity index (χ3n) is 2.80. The molecule has 2 atom stereocenters. The highest BCUT2D eigenvalue weighted by atomic mass is 16.5. The summed E-state index contributed by atoms with van der Waals surface area (Å²) in [4.78, 5) is 23.6. The lowest BCUT2D eigenvalue weighted by molar-refractivity contribution is -0.129. The number of carbonyl (C=O) groups is 2. The number of nitrogens with one attached hydrogen (secondary N) is 2. The minimum absolute atomic E-state index is 0.268. The molecule has 4 N–H and O–H groups in total. The third kappa shape index (κ3) is 4.99. The number of benzene rings is 1. The Morgan fingerprint density at radius 1 is 1.25 bits per heavy atom. The molecule has 0 fully saturated rings. The van der Waals surface area contributed by atoms with Crippen LogP contribution in [0.1, 0.15) is 18.5 Å². The lowest BCUT2D eigenvalue weighted by atomic mass is 10.1. The summed E-state index contributed by atoms with van der Waals surface area (Å²) in [7, 11) is 1.55. The first-order valence-corrected chi connectivity index (χ1v) is 6.43. The van der Waals surface area contributed by atoms with E-state index in [1.165, 1.54) is 0 Å². The normalized spacial score (nSPS) is 13.3. The van der Waals surface area contributed by atoms with E-state index in [0.717, 1.165) is 0 Å². The van der Waals surface area contributed by atoms with Gasteiger partial charge in [0.1, 0.15) is 12.1 Å². The van der Waals surface area contributed by atoms with Crippen LogP contribution in [-0.2, 0) is 14.3 Å². The Hall–Kier alpha value is -1.92. The van der Waals surface area contributed by atoms with E-state index in [4.69, 9.17) is 10.5 Å². The predicted molar refractivity (Wildman–Crippen MR) is 75.9 cm³/mol. The van der Waals surface area contributed by atoms with Crippen LogP contribution in [-0.4, -0.2) is 38.1 Å². The van der Waals surface area contributed by atoms with Crippen LogP contribution in [0.3, 0.4) is 0 Å². The number of rotatable bonds is 7. The molecule has 2 amide bonds. The van der Waals surface area contributed by atoms with Gasteiger partial charge in [-0.1, -0.05) is 30.3 Å². The van der Waals surface area contributed by atoms with Crippen molar-refractivity contribution < 1.29 is 14.3 Å². The molecule has 1 aromatic carbocycles. The van der Waals surface area contributed by atoms with Gasteiger partial charge in [-0.25, -0.2) is 0 Å². The number of nitrogens with two attached hydrogens (primary N) is 1. The second kappa shape index (κ2) is 8.29. The van der Waals surface area contributed by atoms with Crippen molar-refractivity contribution in [1.82, 2.24) is 10.6 Å². The summed E-state index contributed by atoms with van der Waals surface area (Å²) < 4.78 is 4.83. The van der Waals surface area contributed by atoms with E-state index in [1.807, 2.05) is 18.2 Å². The van der Waals surface area contributed by atoms with Crippen LogP contribution in [0, 0.1) is 0 Å². The molecule has 0 spiro atoms. The largest absolute Gasteiger partial charge is 0.383 e. The Labute approximate surface area is 118 Å². The summed E-state index contributed by atoms with van der Waals surface area (Å²) in [5.41, 5.74) is 6.55. The smallest absolute Gasteiger partial charge is 0.242 e. The molecular weight excluding hydrogens is 258 g/mol. The predicted octanol–water partition coefficient (Wildman–Crippen LogP) is -0.0463. The van der Waals surface area contributed by atoms with E-state index in [9.17, 15) is 9.59 Å². The molecule has 0 aliphatic carbocycles. The summed E-state index contributed by atoms with van der Waals surface area (Å²) in [5, 5.41) is 5.24. The SMILES string of the molecule is COCCNC(=O)C(C)NC(=O)[C@H](N)c1ccccc1. The van der Waals surface area contributed by atoms with Crippen molar-refractivity contribution in [3.05, 3.63) is 35.9 Å². The number of ether oxygens (including phenoxy) is 1. The van der Waals surface area contributed by atoms with Crippen molar-refractivity contribution in [2.75, 3.05) is 20.3 Å². The molecule has 0 saturated carbocycles.